The average molecular weight is 250 g/mol. The topological polar surface area (TPSA) is 17.1 Å². The first kappa shape index (κ1) is 12.2. The van der Waals surface area contributed by atoms with Crippen LogP contribution in [0.4, 0.5) is 0 Å². The van der Waals surface area contributed by atoms with E-state index in [1.54, 1.807) is 0 Å². The molecule has 0 N–H and O–H groups in total. The van der Waals surface area contributed by atoms with Crippen molar-refractivity contribution in [2.45, 2.75) is 26.2 Å². The Labute approximate surface area is 114 Å². The minimum atomic E-state index is 0.268. The third-order valence-corrected chi connectivity index (χ3v) is 4.16. The number of hydrogen-bond acceptors (Lipinski definition) is 1. The number of carbonyl (C=O) groups is 1. The van der Waals surface area contributed by atoms with Gasteiger partial charge in [-0.3, -0.25) is 4.79 Å². The van der Waals surface area contributed by atoms with Gasteiger partial charge in [0.25, 0.3) is 0 Å². The highest BCUT2D eigenvalue weighted by Crippen LogP contribution is 2.33. The molecule has 1 heteroatoms. The summed E-state index contributed by atoms with van der Waals surface area (Å²) < 4.78 is 0. The molecule has 3 rings (SSSR count). The molecule has 0 amide bonds. The smallest absolute Gasteiger partial charge is 0.166 e. The Balaban J connectivity index is 2.01. The van der Waals surface area contributed by atoms with Crippen LogP contribution in [0.2, 0.25) is 0 Å². The zero-order valence-electron chi connectivity index (χ0n) is 11.2. The molecule has 96 valence electrons. The summed E-state index contributed by atoms with van der Waals surface area (Å²) in [6.07, 6.45) is 3.33. The van der Waals surface area contributed by atoms with E-state index < -0.39 is 0 Å². The lowest BCUT2D eigenvalue weighted by Gasteiger charge is -2.25. The highest BCUT2D eigenvalue weighted by molar-refractivity contribution is 6.01. The number of ketones is 1. The van der Waals surface area contributed by atoms with Crippen LogP contribution in [0.25, 0.3) is 11.1 Å². The maximum Gasteiger partial charge on any atom is 0.166 e. The van der Waals surface area contributed by atoms with Crippen molar-refractivity contribution in [3.8, 4) is 11.1 Å². The summed E-state index contributed by atoms with van der Waals surface area (Å²) in [6.45, 7) is 2.06. The van der Waals surface area contributed by atoms with Crippen LogP contribution in [0.1, 0.15) is 35.2 Å². The summed E-state index contributed by atoms with van der Waals surface area (Å²) in [5.74, 6) is 0.603. The van der Waals surface area contributed by atoms with Crippen molar-refractivity contribution >= 4 is 5.78 Å². The predicted molar refractivity (Wildman–Crippen MR) is 78.3 cm³/mol. The van der Waals surface area contributed by atoms with E-state index in [-0.39, 0.29) is 5.92 Å². The summed E-state index contributed by atoms with van der Waals surface area (Å²) in [5, 5.41) is 0. The molecule has 1 aliphatic carbocycles. The highest BCUT2D eigenvalue weighted by Gasteiger charge is 2.27. The van der Waals surface area contributed by atoms with E-state index in [2.05, 4.69) is 25.1 Å². The fraction of sp³-hybridized carbons (Fsp3) is 0.278. The SMILES string of the molecule is Cc1c(C(=O)C2CCC2)cccc1-c1ccccc1. The first-order valence-corrected chi connectivity index (χ1v) is 6.96. The Kier molecular flexibility index (Phi) is 3.20. The van der Waals surface area contributed by atoms with Crippen molar-refractivity contribution in [1.29, 1.82) is 0 Å². The normalized spacial score (nSPS) is 15.0. The Morgan fingerprint density at radius 1 is 1.00 bits per heavy atom. The zero-order chi connectivity index (χ0) is 13.2. The highest BCUT2D eigenvalue weighted by atomic mass is 16.1. The Bertz CT molecular complexity index is 594. The third-order valence-electron chi connectivity index (χ3n) is 4.16. The molecule has 1 saturated carbocycles. The molecule has 0 radical (unpaired) electrons. The van der Waals surface area contributed by atoms with Crippen LogP contribution >= 0.6 is 0 Å². The molecule has 0 aromatic heterocycles. The van der Waals surface area contributed by atoms with Gasteiger partial charge in [0.05, 0.1) is 0 Å². The fourth-order valence-corrected chi connectivity index (χ4v) is 2.72. The quantitative estimate of drug-likeness (QED) is 0.725. The fourth-order valence-electron chi connectivity index (χ4n) is 2.72. The molecular weight excluding hydrogens is 232 g/mol. The van der Waals surface area contributed by atoms with Crippen molar-refractivity contribution in [3.63, 3.8) is 0 Å². The van der Waals surface area contributed by atoms with E-state index in [4.69, 9.17) is 0 Å². The minimum Gasteiger partial charge on any atom is -0.294 e. The van der Waals surface area contributed by atoms with Gasteiger partial charge in [0, 0.05) is 11.5 Å². The van der Waals surface area contributed by atoms with E-state index in [1.165, 1.54) is 17.5 Å². The molecule has 2 aromatic rings. The molecule has 0 unspecified atom stereocenters. The number of Topliss-reactive ketones (excluding diaryl/α,β-unsaturated/α-hetero) is 1. The van der Waals surface area contributed by atoms with E-state index in [1.807, 2.05) is 30.3 Å². The molecule has 0 saturated heterocycles. The summed E-state index contributed by atoms with van der Waals surface area (Å²) >= 11 is 0. The van der Waals surface area contributed by atoms with Gasteiger partial charge < -0.3 is 0 Å². The van der Waals surface area contributed by atoms with Gasteiger partial charge in [-0.15, -0.1) is 0 Å². The second kappa shape index (κ2) is 5.00. The molecule has 0 bridgehead atoms. The van der Waals surface area contributed by atoms with Crippen molar-refractivity contribution in [2.24, 2.45) is 5.92 Å². The average Bonchev–Trinajstić information content (AvgIpc) is 2.38. The molecule has 1 nitrogen and oxygen atoms in total. The lowest BCUT2D eigenvalue weighted by molar-refractivity contribution is 0.0854. The van der Waals surface area contributed by atoms with Gasteiger partial charge in [-0.05, 0) is 36.5 Å². The molecule has 0 spiro atoms. The van der Waals surface area contributed by atoms with Crippen LogP contribution in [-0.4, -0.2) is 5.78 Å². The Morgan fingerprint density at radius 2 is 1.74 bits per heavy atom. The molecule has 0 aliphatic heterocycles. The van der Waals surface area contributed by atoms with E-state index in [9.17, 15) is 4.79 Å². The van der Waals surface area contributed by atoms with E-state index in [0.717, 1.165) is 24.0 Å². The molecule has 0 atom stereocenters. The number of carbonyl (C=O) groups excluding carboxylic acids is 1. The molecule has 19 heavy (non-hydrogen) atoms. The Hall–Kier alpha value is -1.89. The standard InChI is InChI=1S/C18H18O/c1-13-16(14-7-3-2-4-8-14)11-6-12-17(13)18(19)15-9-5-10-15/h2-4,6-8,11-12,15H,5,9-10H2,1H3. The van der Waals surface area contributed by atoms with E-state index in [0.29, 0.717) is 5.78 Å². The third kappa shape index (κ3) is 2.21. The molecule has 2 aromatic carbocycles. The summed E-state index contributed by atoms with van der Waals surface area (Å²) in [7, 11) is 0. The number of benzene rings is 2. The number of rotatable bonds is 3. The minimum absolute atomic E-state index is 0.268. The van der Waals surface area contributed by atoms with Crippen molar-refractivity contribution in [1.82, 2.24) is 0 Å². The molecular formula is C18H18O. The lowest BCUT2D eigenvalue weighted by atomic mass is 9.78. The van der Waals surface area contributed by atoms with Crippen LogP contribution in [0.15, 0.2) is 48.5 Å². The first-order chi connectivity index (χ1) is 9.27. The molecule has 1 fully saturated rings. The summed E-state index contributed by atoms with van der Waals surface area (Å²) in [5.41, 5.74) is 4.38. The lowest BCUT2D eigenvalue weighted by Crippen LogP contribution is -2.22. The maximum absolute atomic E-state index is 12.4. The van der Waals surface area contributed by atoms with Gasteiger partial charge in [-0.25, -0.2) is 0 Å². The van der Waals surface area contributed by atoms with Crippen LogP contribution in [0.3, 0.4) is 0 Å². The van der Waals surface area contributed by atoms with Gasteiger partial charge in [0.2, 0.25) is 0 Å². The van der Waals surface area contributed by atoms with Gasteiger partial charge in [0.15, 0.2) is 5.78 Å². The van der Waals surface area contributed by atoms with Gasteiger partial charge in [0.1, 0.15) is 0 Å². The van der Waals surface area contributed by atoms with Gasteiger partial charge in [-0.2, -0.15) is 0 Å². The van der Waals surface area contributed by atoms with Crippen LogP contribution in [-0.2, 0) is 0 Å². The van der Waals surface area contributed by atoms with Crippen LogP contribution < -0.4 is 0 Å². The molecule has 0 heterocycles. The first-order valence-electron chi connectivity index (χ1n) is 6.96. The molecule has 1 aliphatic rings. The van der Waals surface area contributed by atoms with Gasteiger partial charge >= 0.3 is 0 Å². The summed E-state index contributed by atoms with van der Waals surface area (Å²) in [6, 6.07) is 16.4. The second-order valence-corrected chi connectivity index (χ2v) is 5.34. The monoisotopic (exact) mass is 250 g/mol. The van der Waals surface area contributed by atoms with Crippen molar-refractivity contribution < 1.29 is 4.79 Å². The van der Waals surface area contributed by atoms with Crippen molar-refractivity contribution in [2.75, 3.05) is 0 Å². The zero-order valence-corrected chi connectivity index (χ0v) is 11.2. The van der Waals surface area contributed by atoms with Crippen LogP contribution in [0, 0.1) is 12.8 Å². The predicted octanol–water partition coefficient (Wildman–Crippen LogP) is 4.64. The largest absolute Gasteiger partial charge is 0.294 e. The number of hydrogen-bond donors (Lipinski definition) is 0. The maximum atomic E-state index is 12.4. The van der Waals surface area contributed by atoms with E-state index >= 15 is 0 Å². The second-order valence-electron chi connectivity index (χ2n) is 5.34. The Morgan fingerprint density at radius 3 is 2.37 bits per heavy atom. The van der Waals surface area contributed by atoms with Gasteiger partial charge in [-0.1, -0.05) is 55.0 Å². The summed E-state index contributed by atoms with van der Waals surface area (Å²) in [4.78, 5) is 12.4. The van der Waals surface area contributed by atoms with Crippen LogP contribution in [0.5, 0.6) is 0 Å². The van der Waals surface area contributed by atoms with Crippen molar-refractivity contribution in [3.05, 3.63) is 59.7 Å².